The Labute approximate surface area is 116 Å². The molecule has 0 radical (unpaired) electrons. The lowest BCUT2D eigenvalue weighted by atomic mass is 10.1. The van der Waals surface area contributed by atoms with Crippen LogP contribution in [0.3, 0.4) is 0 Å². The SMILES string of the molecule is CCNC(C)c1ccc(N2CCN(C)CC2C)nc1. The lowest BCUT2D eigenvalue weighted by Gasteiger charge is -2.39. The van der Waals surface area contributed by atoms with Crippen molar-refractivity contribution in [1.82, 2.24) is 15.2 Å². The van der Waals surface area contributed by atoms with Crippen LogP contribution in [0.25, 0.3) is 0 Å². The highest BCUT2D eigenvalue weighted by Crippen LogP contribution is 2.20. The molecule has 1 aromatic heterocycles. The molecule has 4 heteroatoms. The molecule has 1 aliphatic rings. The second kappa shape index (κ2) is 6.35. The summed E-state index contributed by atoms with van der Waals surface area (Å²) in [6, 6.07) is 5.26. The largest absolute Gasteiger partial charge is 0.351 e. The maximum Gasteiger partial charge on any atom is 0.128 e. The Morgan fingerprint density at radius 2 is 2.21 bits per heavy atom. The topological polar surface area (TPSA) is 31.4 Å². The summed E-state index contributed by atoms with van der Waals surface area (Å²) in [6.45, 7) is 10.8. The number of rotatable bonds is 4. The minimum absolute atomic E-state index is 0.372. The number of piperazine rings is 1. The maximum atomic E-state index is 4.65. The fraction of sp³-hybridized carbons (Fsp3) is 0.667. The highest BCUT2D eigenvalue weighted by atomic mass is 15.3. The Hall–Kier alpha value is -1.13. The van der Waals surface area contributed by atoms with Crippen LogP contribution in [0.2, 0.25) is 0 Å². The van der Waals surface area contributed by atoms with Gasteiger partial charge in [0.15, 0.2) is 0 Å². The molecule has 0 amide bonds. The molecule has 1 fully saturated rings. The van der Waals surface area contributed by atoms with E-state index in [2.05, 4.69) is 60.1 Å². The van der Waals surface area contributed by atoms with Gasteiger partial charge in [-0.05, 0) is 39.1 Å². The maximum absolute atomic E-state index is 4.65. The summed E-state index contributed by atoms with van der Waals surface area (Å²) in [5, 5.41) is 3.42. The third-order valence-corrected chi connectivity index (χ3v) is 3.91. The molecule has 19 heavy (non-hydrogen) atoms. The monoisotopic (exact) mass is 262 g/mol. The number of pyridine rings is 1. The van der Waals surface area contributed by atoms with Crippen LogP contribution in [-0.2, 0) is 0 Å². The summed E-state index contributed by atoms with van der Waals surface area (Å²) < 4.78 is 0. The van der Waals surface area contributed by atoms with E-state index in [-0.39, 0.29) is 0 Å². The molecular weight excluding hydrogens is 236 g/mol. The van der Waals surface area contributed by atoms with Crippen molar-refractivity contribution in [3.63, 3.8) is 0 Å². The Morgan fingerprint density at radius 1 is 1.42 bits per heavy atom. The van der Waals surface area contributed by atoms with Crippen LogP contribution in [0.5, 0.6) is 0 Å². The summed E-state index contributed by atoms with van der Waals surface area (Å²) >= 11 is 0. The van der Waals surface area contributed by atoms with Crippen LogP contribution in [0.4, 0.5) is 5.82 Å². The van der Waals surface area contributed by atoms with Gasteiger partial charge in [0.1, 0.15) is 5.82 Å². The van der Waals surface area contributed by atoms with E-state index in [9.17, 15) is 0 Å². The van der Waals surface area contributed by atoms with Crippen molar-refractivity contribution in [1.29, 1.82) is 0 Å². The van der Waals surface area contributed by atoms with Gasteiger partial charge in [-0.15, -0.1) is 0 Å². The Morgan fingerprint density at radius 3 is 2.79 bits per heavy atom. The van der Waals surface area contributed by atoms with Crippen LogP contribution in [-0.4, -0.2) is 49.2 Å². The van der Waals surface area contributed by atoms with E-state index in [4.69, 9.17) is 0 Å². The first kappa shape index (κ1) is 14.3. The van der Waals surface area contributed by atoms with Crippen molar-refractivity contribution in [3.05, 3.63) is 23.9 Å². The Bertz CT molecular complexity index is 390. The highest BCUT2D eigenvalue weighted by Gasteiger charge is 2.22. The summed E-state index contributed by atoms with van der Waals surface area (Å²) in [5.41, 5.74) is 1.26. The van der Waals surface area contributed by atoms with Gasteiger partial charge in [0.05, 0.1) is 0 Å². The van der Waals surface area contributed by atoms with E-state index >= 15 is 0 Å². The van der Waals surface area contributed by atoms with Crippen LogP contribution < -0.4 is 10.2 Å². The van der Waals surface area contributed by atoms with Gasteiger partial charge in [0.2, 0.25) is 0 Å². The third-order valence-electron chi connectivity index (χ3n) is 3.91. The predicted molar refractivity (Wildman–Crippen MR) is 80.6 cm³/mol. The molecule has 106 valence electrons. The Kier molecular flexibility index (Phi) is 4.77. The second-order valence-corrected chi connectivity index (χ2v) is 5.53. The van der Waals surface area contributed by atoms with Gasteiger partial charge in [-0.25, -0.2) is 4.98 Å². The molecule has 1 aromatic rings. The molecule has 0 aliphatic carbocycles. The molecular formula is C15H26N4. The van der Waals surface area contributed by atoms with Gasteiger partial charge in [-0.3, -0.25) is 0 Å². The molecule has 1 saturated heterocycles. The molecule has 2 atom stereocenters. The zero-order chi connectivity index (χ0) is 13.8. The molecule has 2 heterocycles. The van der Waals surface area contributed by atoms with Gasteiger partial charge in [-0.1, -0.05) is 13.0 Å². The van der Waals surface area contributed by atoms with E-state index in [0.717, 1.165) is 32.0 Å². The fourth-order valence-corrected chi connectivity index (χ4v) is 2.73. The minimum atomic E-state index is 0.372. The zero-order valence-corrected chi connectivity index (χ0v) is 12.6. The quantitative estimate of drug-likeness (QED) is 0.898. The van der Waals surface area contributed by atoms with Gasteiger partial charge in [-0.2, -0.15) is 0 Å². The number of hydrogen-bond donors (Lipinski definition) is 1. The number of hydrogen-bond acceptors (Lipinski definition) is 4. The molecule has 0 aromatic carbocycles. The summed E-state index contributed by atoms with van der Waals surface area (Å²) in [5.74, 6) is 1.10. The average Bonchev–Trinajstić information content (AvgIpc) is 2.39. The average molecular weight is 262 g/mol. The van der Waals surface area contributed by atoms with Crippen molar-refractivity contribution < 1.29 is 0 Å². The predicted octanol–water partition coefficient (Wildman–Crippen LogP) is 1.89. The molecule has 2 unspecified atom stereocenters. The number of anilines is 1. The van der Waals surface area contributed by atoms with Crippen LogP contribution in [0, 0.1) is 0 Å². The zero-order valence-electron chi connectivity index (χ0n) is 12.6. The normalized spacial score (nSPS) is 22.5. The number of nitrogens with one attached hydrogen (secondary N) is 1. The Balaban J connectivity index is 2.05. The van der Waals surface area contributed by atoms with E-state index in [1.54, 1.807) is 0 Å². The summed E-state index contributed by atoms with van der Waals surface area (Å²) in [7, 11) is 2.18. The smallest absolute Gasteiger partial charge is 0.128 e. The van der Waals surface area contributed by atoms with Gasteiger partial charge in [0.25, 0.3) is 0 Å². The molecule has 0 saturated carbocycles. The second-order valence-electron chi connectivity index (χ2n) is 5.53. The van der Waals surface area contributed by atoms with Crippen LogP contribution in [0.1, 0.15) is 32.4 Å². The van der Waals surface area contributed by atoms with Crippen molar-refractivity contribution in [2.24, 2.45) is 0 Å². The minimum Gasteiger partial charge on any atom is -0.351 e. The van der Waals surface area contributed by atoms with Crippen LogP contribution in [0.15, 0.2) is 18.3 Å². The van der Waals surface area contributed by atoms with Crippen molar-refractivity contribution in [3.8, 4) is 0 Å². The van der Waals surface area contributed by atoms with Crippen molar-refractivity contribution in [2.45, 2.75) is 32.9 Å². The van der Waals surface area contributed by atoms with Crippen LogP contribution >= 0.6 is 0 Å². The number of aromatic nitrogens is 1. The van der Waals surface area contributed by atoms with Gasteiger partial charge >= 0.3 is 0 Å². The fourth-order valence-electron chi connectivity index (χ4n) is 2.73. The lowest BCUT2D eigenvalue weighted by molar-refractivity contribution is 0.274. The first-order chi connectivity index (χ1) is 9.11. The highest BCUT2D eigenvalue weighted by molar-refractivity contribution is 5.41. The van der Waals surface area contributed by atoms with E-state index < -0.39 is 0 Å². The van der Waals surface area contributed by atoms with E-state index in [1.165, 1.54) is 5.56 Å². The third kappa shape index (κ3) is 3.45. The van der Waals surface area contributed by atoms with E-state index in [0.29, 0.717) is 12.1 Å². The molecule has 1 N–H and O–H groups in total. The first-order valence-electron chi connectivity index (χ1n) is 7.26. The van der Waals surface area contributed by atoms with Gasteiger partial charge in [0, 0.05) is 37.9 Å². The molecule has 0 bridgehead atoms. The molecule has 0 spiro atoms. The van der Waals surface area contributed by atoms with Crippen molar-refractivity contribution in [2.75, 3.05) is 38.1 Å². The van der Waals surface area contributed by atoms with E-state index in [1.807, 2.05) is 6.20 Å². The number of likely N-dealkylation sites (N-methyl/N-ethyl adjacent to an activating group) is 1. The molecule has 1 aliphatic heterocycles. The van der Waals surface area contributed by atoms with Gasteiger partial charge < -0.3 is 15.1 Å². The summed E-state index contributed by atoms with van der Waals surface area (Å²) in [4.78, 5) is 9.43. The summed E-state index contributed by atoms with van der Waals surface area (Å²) in [6.07, 6.45) is 2.01. The standard InChI is InChI=1S/C15H26N4/c1-5-16-13(3)14-6-7-15(17-10-14)19-9-8-18(4)11-12(19)2/h6-7,10,12-13,16H,5,8-9,11H2,1-4H3. The molecule has 4 nitrogen and oxygen atoms in total. The van der Waals surface area contributed by atoms with Crippen molar-refractivity contribution >= 4 is 5.82 Å². The lowest BCUT2D eigenvalue weighted by Crippen LogP contribution is -2.50. The number of nitrogens with zero attached hydrogens (tertiary/aromatic N) is 3. The first-order valence-corrected chi connectivity index (χ1v) is 7.26. The molecule has 2 rings (SSSR count).